The molecule has 0 spiro atoms. The summed E-state index contributed by atoms with van der Waals surface area (Å²) in [5.41, 5.74) is 1.57. The van der Waals surface area contributed by atoms with Gasteiger partial charge in [-0.25, -0.2) is 13.1 Å². The standard InChI is InChI=1S/C18H19NO3S/c1-15(20)17-10-12-18(13-11-17)23(21,22)19-14-6-5-9-16-7-3-2-4-8-16/h2-5,7-13,19H,6,14H2,1H3/b9-5+. The summed E-state index contributed by atoms with van der Waals surface area (Å²) in [6.07, 6.45) is 4.48. The fourth-order valence-corrected chi connectivity index (χ4v) is 3.06. The zero-order valence-electron chi connectivity index (χ0n) is 12.9. The highest BCUT2D eigenvalue weighted by molar-refractivity contribution is 7.89. The quantitative estimate of drug-likeness (QED) is 0.626. The highest BCUT2D eigenvalue weighted by atomic mass is 32.2. The molecule has 0 radical (unpaired) electrons. The first kappa shape index (κ1) is 17.1. The molecule has 2 aromatic carbocycles. The fraction of sp³-hybridized carbons (Fsp3) is 0.167. The van der Waals surface area contributed by atoms with E-state index in [1.807, 2.05) is 42.5 Å². The maximum absolute atomic E-state index is 12.1. The van der Waals surface area contributed by atoms with Crippen LogP contribution in [0.3, 0.4) is 0 Å². The Balaban J connectivity index is 1.89. The minimum atomic E-state index is -3.54. The third kappa shape index (κ3) is 5.16. The minimum Gasteiger partial charge on any atom is -0.295 e. The van der Waals surface area contributed by atoms with Crippen LogP contribution in [0, 0.1) is 0 Å². The molecule has 1 N–H and O–H groups in total. The zero-order chi connectivity index (χ0) is 16.7. The number of ketones is 1. The van der Waals surface area contributed by atoms with E-state index in [2.05, 4.69) is 4.72 Å². The molecule has 0 fully saturated rings. The predicted octanol–water partition coefficient (Wildman–Crippen LogP) is 3.27. The molecule has 2 rings (SSSR count). The van der Waals surface area contributed by atoms with E-state index in [0.29, 0.717) is 18.5 Å². The first-order chi connectivity index (χ1) is 11.0. The van der Waals surface area contributed by atoms with Gasteiger partial charge in [0.1, 0.15) is 0 Å². The molecule has 4 nitrogen and oxygen atoms in total. The lowest BCUT2D eigenvalue weighted by Gasteiger charge is -2.06. The van der Waals surface area contributed by atoms with Crippen LogP contribution < -0.4 is 4.72 Å². The van der Waals surface area contributed by atoms with E-state index < -0.39 is 10.0 Å². The Labute approximate surface area is 136 Å². The van der Waals surface area contributed by atoms with Crippen LogP contribution in [-0.4, -0.2) is 20.7 Å². The Kier molecular flexibility index (Phi) is 5.84. The summed E-state index contributed by atoms with van der Waals surface area (Å²) >= 11 is 0. The Morgan fingerprint density at radius 2 is 1.70 bits per heavy atom. The normalized spacial score (nSPS) is 11.7. The van der Waals surface area contributed by atoms with Crippen molar-refractivity contribution < 1.29 is 13.2 Å². The van der Waals surface area contributed by atoms with Crippen molar-refractivity contribution in [3.05, 3.63) is 71.8 Å². The number of rotatable bonds is 7. The summed E-state index contributed by atoms with van der Waals surface area (Å²) in [7, 11) is -3.54. The summed E-state index contributed by atoms with van der Waals surface area (Å²) in [5, 5.41) is 0. The smallest absolute Gasteiger partial charge is 0.240 e. The Morgan fingerprint density at radius 1 is 1.04 bits per heavy atom. The predicted molar refractivity (Wildman–Crippen MR) is 91.7 cm³/mol. The molecule has 0 aliphatic heterocycles. The Bertz CT molecular complexity index is 779. The van der Waals surface area contributed by atoms with E-state index in [0.717, 1.165) is 5.56 Å². The van der Waals surface area contributed by atoms with Crippen LogP contribution in [0.25, 0.3) is 6.08 Å². The summed E-state index contributed by atoms with van der Waals surface area (Å²) in [5.74, 6) is -0.0899. The molecule has 0 heterocycles. The fourth-order valence-electron chi connectivity index (χ4n) is 2.01. The van der Waals surface area contributed by atoms with Crippen LogP contribution >= 0.6 is 0 Å². The summed E-state index contributed by atoms with van der Waals surface area (Å²) in [6, 6.07) is 15.7. The molecule has 0 saturated heterocycles. The molecule has 120 valence electrons. The monoisotopic (exact) mass is 329 g/mol. The van der Waals surface area contributed by atoms with Gasteiger partial charge in [-0.1, -0.05) is 54.6 Å². The molecule has 23 heavy (non-hydrogen) atoms. The van der Waals surface area contributed by atoms with Crippen LogP contribution in [0.2, 0.25) is 0 Å². The summed E-state index contributed by atoms with van der Waals surface area (Å²) in [6.45, 7) is 1.76. The number of benzene rings is 2. The van der Waals surface area contributed by atoms with Crippen molar-refractivity contribution in [2.24, 2.45) is 0 Å². The van der Waals surface area contributed by atoms with Gasteiger partial charge >= 0.3 is 0 Å². The number of nitrogens with one attached hydrogen (secondary N) is 1. The number of carbonyl (C=O) groups is 1. The van der Waals surface area contributed by atoms with Gasteiger partial charge < -0.3 is 0 Å². The van der Waals surface area contributed by atoms with Gasteiger partial charge in [0.25, 0.3) is 0 Å². The van der Waals surface area contributed by atoms with E-state index in [4.69, 9.17) is 0 Å². The molecule has 0 atom stereocenters. The van der Waals surface area contributed by atoms with Gasteiger partial charge in [0.2, 0.25) is 10.0 Å². The second-order valence-electron chi connectivity index (χ2n) is 5.08. The topological polar surface area (TPSA) is 63.2 Å². The van der Waals surface area contributed by atoms with Crippen LogP contribution in [-0.2, 0) is 10.0 Å². The lowest BCUT2D eigenvalue weighted by atomic mass is 10.2. The highest BCUT2D eigenvalue weighted by Gasteiger charge is 2.13. The zero-order valence-corrected chi connectivity index (χ0v) is 13.7. The summed E-state index contributed by atoms with van der Waals surface area (Å²) < 4.78 is 26.8. The Morgan fingerprint density at radius 3 is 2.30 bits per heavy atom. The van der Waals surface area contributed by atoms with Crippen molar-refractivity contribution in [3.8, 4) is 0 Å². The number of hydrogen-bond donors (Lipinski definition) is 1. The number of carbonyl (C=O) groups excluding carboxylic acids is 1. The molecule has 0 saturated carbocycles. The molecule has 5 heteroatoms. The SMILES string of the molecule is CC(=O)c1ccc(S(=O)(=O)NCC/C=C/c2ccccc2)cc1. The van der Waals surface area contributed by atoms with E-state index in [-0.39, 0.29) is 10.7 Å². The summed E-state index contributed by atoms with van der Waals surface area (Å²) in [4.78, 5) is 11.4. The van der Waals surface area contributed by atoms with Crippen molar-refractivity contribution in [2.75, 3.05) is 6.54 Å². The van der Waals surface area contributed by atoms with Crippen LogP contribution in [0.5, 0.6) is 0 Å². The highest BCUT2D eigenvalue weighted by Crippen LogP contribution is 2.11. The number of sulfonamides is 1. The van der Waals surface area contributed by atoms with Crippen molar-refractivity contribution >= 4 is 21.9 Å². The lowest BCUT2D eigenvalue weighted by Crippen LogP contribution is -2.24. The number of Topliss-reactive ketones (excluding diaryl/α,β-unsaturated/α-hetero) is 1. The van der Waals surface area contributed by atoms with Gasteiger partial charge in [0.15, 0.2) is 5.78 Å². The molecular weight excluding hydrogens is 310 g/mol. The second-order valence-corrected chi connectivity index (χ2v) is 6.85. The van der Waals surface area contributed by atoms with Gasteiger partial charge in [0.05, 0.1) is 4.90 Å². The van der Waals surface area contributed by atoms with Crippen LogP contribution in [0.1, 0.15) is 29.3 Å². The van der Waals surface area contributed by atoms with E-state index >= 15 is 0 Å². The van der Waals surface area contributed by atoms with Gasteiger partial charge in [-0.15, -0.1) is 0 Å². The van der Waals surface area contributed by atoms with Crippen LogP contribution in [0.15, 0.2) is 65.6 Å². The minimum absolute atomic E-state index is 0.0899. The third-order valence-corrected chi connectivity index (χ3v) is 4.76. The van der Waals surface area contributed by atoms with E-state index in [1.165, 1.54) is 31.2 Å². The second kappa shape index (κ2) is 7.85. The molecule has 0 aromatic heterocycles. The van der Waals surface area contributed by atoms with Gasteiger partial charge in [-0.3, -0.25) is 4.79 Å². The number of hydrogen-bond acceptors (Lipinski definition) is 3. The van der Waals surface area contributed by atoms with Gasteiger partial charge in [0, 0.05) is 12.1 Å². The molecule has 2 aromatic rings. The average Bonchev–Trinajstić information content (AvgIpc) is 2.55. The third-order valence-electron chi connectivity index (χ3n) is 3.28. The van der Waals surface area contributed by atoms with Crippen molar-refractivity contribution in [1.82, 2.24) is 4.72 Å². The average molecular weight is 329 g/mol. The van der Waals surface area contributed by atoms with Crippen molar-refractivity contribution in [2.45, 2.75) is 18.2 Å². The molecule has 0 unspecified atom stereocenters. The molecule has 0 aliphatic carbocycles. The first-order valence-electron chi connectivity index (χ1n) is 7.31. The van der Waals surface area contributed by atoms with Crippen molar-refractivity contribution in [3.63, 3.8) is 0 Å². The van der Waals surface area contributed by atoms with E-state index in [1.54, 1.807) is 0 Å². The molecule has 0 aliphatic rings. The van der Waals surface area contributed by atoms with Gasteiger partial charge in [-0.05, 0) is 31.0 Å². The maximum Gasteiger partial charge on any atom is 0.240 e. The van der Waals surface area contributed by atoms with E-state index in [9.17, 15) is 13.2 Å². The van der Waals surface area contributed by atoms with Gasteiger partial charge in [-0.2, -0.15) is 0 Å². The molecular formula is C18H19NO3S. The first-order valence-corrected chi connectivity index (χ1v) is 8.79. The van der Waals surface area contributed by atoms with Crippen molar-refractivity contribution in [1.29, 1.82) is 0 Å². The molecule has 0 bridgehead atoms. The molecule has 0 amide bonds. The Hall–Kier alpha value is -2.24. The largest absolute Gasteiger partial charge is 0.295 e. The lowest BCUT2D eigenvalue weighted by molar-refractivity contribution is 0.101. The van der Waals surface area contributed by atoms with Crippen LogP contribution in [0.4, 0.5) is 0 Å². The maximum atomic E-state index is 12.1.